The summed E-state index contributed by atoms with van der Waals surface area (Å²) in [6.45, 7) is 5.57. The van der Waals surface area contributed by atoms with Crippen molar-refractivity contribution in [2.24, 2.45) is 0 Å². The van der Waals surface area contributed by atoms with Gasteiger partial charge >= 0.3 is 0 Å². The first-order valence-electron chi connectivity index (χ1n) is 9.96. The number of nitrogens with one attached hydrogen (secondary N) is 2. The van der Waals surface area contributed by atoms with Crippen LogP contribution < -0.4 is 14.8 Å². The van der Waals surface area contributed by atoms with Crippen LogP contribution in [0.1, 0.15) is 40.0 Å². The first-order chi connectivity index (χ1) is 15.1. The number of carbonyl (C=O) groups is 1. The Kier molecular flexibility index (Phi) is 7.11. The summed E-state index contributed by atoms with van der Waals surface area (Å²) in [4.78, 5) is 12.6. The maximum atomic E-state index is 13.0. The molecule has 3 aromatic carbocycles. The highest BCUT2D eigenvalue weighted by molar-refractivity contribution is 7.92. The quantitative estimate of drug-likeness (QED) is 0.491. The molecule has 8 heteroatoms. The van der Waals surface area contributed by atoms with Crippen molar-refractivity contribution in [3.63, 3.8) is 0 Å². The molecule has 2 N–H and O–H groups in total. The van der Waals surface area contributed by atoms with Crippen LogP contribution >= 0.6 is 11.6 Å². The van der Waals surface area contributed by atoms with E-state index >= 15 is 0 Å². The van der Waals surface area contributed by atoms with Crippen molar-refractivity contribution in [3.8, 4) is 5.75 Å². The zero-order chi connectivity index (χ0) is 23.5. The first-order valence-corrected chi connectivity index (χ1v) is 11.8. The van der Waals surface area contributed by atoms with E-state index in [1.807, 2.05) is 51.1 Å². The molecular weight excluding hydrogens is 448 g/mol. The second-order valence-electron chi connectivity index (χ2n) is 7.47. The third-order valence-corrected chi connectivity index (χ3v) is 7.14. The Morgan fingerprint density at radius 1 is 1.03 bits per heavy atom. The van der Waals surface area contributed by atoms with E-state index < -0.39 is 15.9 Å². The average Bonchev–Trinajstić information content (AvgIpc) is 2.77. The van der Waals surface area contributed by atoms with E-state index in [2.05, 4.69) is 10.0 Å². The van der Waals surface area contributed by atoms with Crippen LogP contribution in [0.2, 0.25) is 5.02 Å². The lowest BCUT2D eigenvalue weighted by atomic mass is 10.1. The normalized spacial score (nSPS) is 12.2. The third-order valence-electron chi connectivity index (χ3n) is 5.30. The van der Waals surface area contributed by atoms with Crippen molar-refractivity contribution in [1.29, 1.82) is 0 Å². The number of amides is 1. The van der Waals surface area contributed by atoms with Crippen LogP contribution in [0, 0.1) is 13.8 Å². The SMILES string of the molecule is COc1ccc([C@H](C)NC(=O)c2ccc(Cl)c(S(=O)(=O)Nc3cccc(C)c3C)c2)cc1. The van der Waals surface area contributed by atoms with Gasteiger partial charge in [-0.05, 0) is 73.9 Å². The lowest BCUT2D eigenvalue weighted by Gasteiger charge is -2.16. The Morgan fingerprint density at radius 3 is 2.38 bits per heavy atom. The van der Waals surface area contributed by atoms with E-state index in [4.69, 9.17) is 16.3 Å². The van der Waals surface area contributed by atoms with Gasteiger partial charge in [-0.3, -0.25) is 9.52 Å². The van der Waals surface area contributed by atoms with Gasteiger partial charge in [0.05, 0.1) is 23.9 Å². The number of hydrogen-bond acceptors (Lipinski definition) is 4. The summed E-state index contributed by atoms with van der Waals surface area (Å²) < 4.78 is 33.8. The number of ether oxygens (including phenoxy) is 1. The molecule has 32 heavy (non-hydrogen) atoms. The Labute approximate surface area is 193 Å². The summed E-state index contributed by atoms with van der Waals surface area (Å²) in [5, 5.41) is 2.91. The largest absolute Gasteiger partial charge is 0.497 e. The summed E-state index contributed by atoms with van der Waals surface area (Å²) in [6, 6.07) is 16.6. The van der Waals surface area contributed by atoms with Crippen molar-refractivity contribution in [2.75, 3.05) is 11.8 Å². The Bertz CT molecular complexity index is 1240. The average molecular weight is 473 g/mol. The smallest absolute Gasteiger partial charge is 0.263 e. The monoisotopic (exact) mass is 472 g/mol. The first kappa shape index (κ1) is 23.6. The Hall–Kier alpha value is -3.03. The molecule has 0 saturated carbocycles. The van der Waals surface area contributed by atoms with Gasteiger partial charge in [-0.15, -0.1) is 0 Å². The highest BCUT2D eigenvalue weighted by Crippen LogP contribution is 2.27. The minimum absolute atomic E-state index is 0.0301. The van der Waals surface area contributed by atoms with Gasteiger partial charge in [0.15, 0.2) is 0 Å². The van der Waals surface area contributed by atoms with Crippen molar-refractivity contribution >= 4 is 33.2 Å². The summed E-state index contributed by atoms with van der Waals surface area (Å²) >= 11 is 6.19. The highest BCUT2D eigenvalue weighted by Gasteiger charge is 2.22. The van der Waals surface area contributed by atoms with E-state index in [-0.39, 0.29) is 21.5 Å². The van der Waals surface area contributed by atoms with E-state index in [1.54, 1.807) is 19.2 Å². The predicted octanol–water partition coefficient (Wildman–Crippen LogP) is 5.26. The maximum absolute atomic E-state index is 13.0. The number of sulfonamides is 1. The second kappa shape index (κ2) is 9.63. The molecule has 0 aliphatic rings. The Balaban J connectivity index is 1.83. The fourth-order valence-corrected chi connectivity index (χ4v) is 4.82. The molecule has 1 atom stereocenters. The molecule has 0 saturated heterocycles. The molecule has 168 valence electrons. The molecule has 0 radical (unpaired) electrons. The molecule has 1 amide bonds. The van der Waals surface area contributed by atoms with Gasteiger partial charge in [0.2, 0.25) is 0 Å². The minimum Gasteiger partial charge on any atom is -0.497 e. The van der Waals surface area contributed by atoms with Crippen LogP contribution in [0.15, 0.2) is 65.6 Å². The van der Waals surface area contributed by atoms with Gasteiger partial charge in [0, 0.05) is 5.56 Å². The number of rotatable bonds is 7. The number of halogens is 1. The van der Waals surface area contributed by atoms with Crippen LogP contribution in [0.4, 0.5) is 5.69 Å². The number of aryl methyl sites for hydroxylation is 1. The van der Waals surface area contributed by atoms with Gasteiger partial charge < -0.3 is 10.1 Å². The number of methoxy groups -OCH3 is 1. The molecule has 0 aliphatic carbocycles. The van der Waals surface area contributed by atoms with Crippen LogP contribution in [-0.4, -0.2) is 21.4 Å². The molecule has 0 fully saturated rings. The molecule has 0 bridgehead atoms. The van der Waals surface area contributed by atoms with Crippen LogP contribution in [0.3, 0.4) is 0 Å². The van der Waals surface area contributed by atoms with E-state index in [0.717, 1.165) is 22.4 Å². The van der Waals surface area contributed by atoms with Gasteiger partial charge in [0.25, 0.3) is 15.9 Å². The zero-order valence-electron chi connectivity index (χ0n) is 18.3. The highest BCUT2D eigenvalue weighted by atomic mass is 35.5. The summed E-state index contributed by atoms with van der Waals surface area (Å²) in [7, 11) is -2.42. The van der Waals surface area contributed by atoms with E-state index in [9.17, 15) is 13.2 Å². The molecule has 0 spiro atoms. The van der Waals surface area contributed by atoms with Crippen molar-refractivity contribution in [3.05, 3.63) is 87.9 Å². The summed E-state index contributed by atoms with van der Waals surface area (Å²) in [5.41, 5.74) is 3.31. The number of carbonyl (C=O) groups excluding carboxylic acids is 1. The molecule has 3 aromatic rings. The molecule has 0 aromatic heterocycles. The topological polar surface area (TPSA) is 84.5 Å². The number of benzene rings is 3. The standard InChI is InChI=1S/C24H25ClN2O4S/c1-15-6-5-7-22(16(15)2)27-32(29,30)23-14-19(10-13-21(23)25)24(28)26-17(3)18-8-11-20(31-4)12-9-18/h5-14,17,27H,1-4H3,(H,26,28)/t17-/m0/s1. The zero-order valence-corrected chi connectivity index (χ0v) is 19.8. The fourth-order valence-electron chi connectivity index (χ4n) is 3.17. The number of anilines is 1. The lowest BCUT2D eigenvalue weighted by molar-refractivity contribution is 0.0939. The van der Waals surface area contributed by atoms with Gasteiger partial charge in [-0.2, -0.15) is 0 Å². The maximum Gasteiger partial charge on any atom is 0.263 e. The van der Waals surface area contributed by atoms with Crippen molar-refractivity contribution < 1.29 is 17.9 Å². The molecule has 0 aliphatic heterocycles. The van der Waals surface area contributed by atoms with Crippen LogP contribution in [0.5, 0.6) is 5.75 Å². The molecule has 0 unspecified atom stereocenters. The van der Waals surface area contributed by atoms with E-state index in [1.165, 1.54) is 18.2 Å². The Morgan fingerprint density at radius 2 is 1.72 bits per heavy atom. The van der Waals surface area contributed by atoms with Crippen LogP contribution in [-0.2, 0) is 10.0 Å². The van der Waals surface area contributed by atoms with Crippen molar-refractivity contribution in [2.45, 2.75) is 31.7 Å². The minimum atomic E-state index is -4.00. The molecular formula is C24H25ClN2O4S. The molecule has 6 nitrogen and oxygen atoms in total. The van der Waals surface area contributed by atoms with Gasteiger partial charge in [-0.1, -0.05) is 35.9 Å². The van der Waals surface area contributed by atoms with Crippen LogP contribution in [0.25, 0.3) is 0 Å². The third kappa shape index (κ3) is 5.23. The molecule has 3 rings (SSSR count). The van der Waals surface area contributed by atoms with Crippen molar-refractivity contribution in [1.82, 2.24) is 5.32 Å². The van der Waals surface area contributed by atoms with Gasteiger partial charge in [-0.25, -0.2) is 8.42 Å². The number of hydrogen-bond donors (Lipinski definition) is 2. The molecule has 0 heterocycles. The van der Waals surface area contributed by atoms with Gasteiger partial charge in [0.1, 0.15) is 10.6 Å². The lowest BCUT2D eigenvalue weighted by Crippen LogP contribution is -2.27. The fraction of sp³-hybridized carbons (Fsp3) is 0.208. The van der Waals surface area contributed by atoms with E-state index in [0.29, 0.717) is 5.69 Å². The second-order valence-corrected chi connectivity index (χ2v) is 9.52. The summed E-state index contributed by atoms with van der Waals surface area (Å²) in [6.07, 6.45) is 0. The summed E-state index contributed by atoms with van der Waals surface area (Å²) in [5.74, 6) is 0.310. The predicted molar refractivity (Wildman–Crippen MR) is 127 cm³/mol.